The van der Waals surface area contributed by atoms with E-state index < -0.39 is 5.54 Å². The summed E-state index contributed by atoms with van der Waals surface area (Å²) in [5.74, 6) is 0.925. The maximum atomic E-state index is 11.9. The van der Waals surface area contributed by atoms with E-state index in [9.17, 15) is 4.79 Å². The normalized spacial score (nSPS) is 13.4. The zero-order chi connectivity index (χ0) is 15.9. The van der Waals surface area contributed by atoms with Gasteiger partial charge < -0.3 is 14.2 Å². The lowest BCUT2D eigenvalue weighted by molar-refractivity contribution is -0.149. The van der Waals surface area contributed by atoms with Gasteiger partial charge in [0.2, 0.25) is 0 Å². The molecule has 0 aliphatic carbocycles. The number of likely N-dealkylation sites (N-methyl/N-ethyl adjacent to an activating group) is 1. The number of carbonyl (C=O) groups is 1. The molecule has 0 fully saturated rings. The van der Waals surface area contributed by atoms with Gasteiger partial charge >= 0.3 is 5.97 Å². The number of benzene rings is 1. The highest BCUT2D eigenvalue weighted by Gasteiger charge is 2.34. The Morgan fingerprint density at radius 1 is 1.24 bits per heavy atom. The molecule has 1 N–H and O–H groups in total. The van der Waals surface area contributed by atoms with E-state index in [0.717, 1.165) is 6.42 Å². The Balaban J connectivity index is 2.87. The molecule has 0 bridgehead atoms. The second-order valence-electron chi connectivity index (χ2n) is 4.98. The van der Waals surface area contributed by atoms with Crippen molar-refractivity contribution in [2.45, 2.75) is 32.7 Å². The topological polar surface area (TPSA) is 56.8 Å². The molecule has 1 aromatic carbocycles. The summed E-state index contributed by atoms with van der Waals surface area (Å²) < 4.78 is 16.0. The molecule has 0 spiro atoms. The van der Waals surface area contributed by atoms with Crippen LogP contribution in [-0.4, -0.2) is 38.9 Å². The van der Waals surface area contributed by atoms with Crippen molar-refractivity contribution in [3.63, 3.8) is 0 Å². The molecule has 0 saturated heterocycles. The molecule has 1 rings (SSSR count). The van der Waals surface area contributed by atoms with Gasteiger partial charge in [0, 0.05) is 0 Å². The molecule has 1 atom stereocenters. The van der Waals surface area contributed by atoms with Gasteiger partial charge in [0.1, 0.15) is 12.1 Å². The van der Waals surface area contributed by atoms with Crippen molar-refractivity contribution < 1.29 is 19.0 Å². The Hall–Kier alpha value is -1.75. The summed E-state index contributed by atoms with van der Waals surface area (Å²) in [4.78, 5) is 11.9. The van der Waals surface area contributed by atoms with Gasteiger partial charge in [-0.2, -0.15) is 0 Å². The largest absolute Gasteiger partial charge is 0.493 e. The second kappa shape index (κ2) is 7.88. The van der Waals surface area contributed by atoms with Gasteiger partial charge in [-0.15, -0.1) is 0 Å². The molecule has 0 heterocycles. The Morgan fingerprint density at radius 2 is 1.95 bits per heavy atom. The summed E-state index contributed by atoms with van der Waals surface area (Å²) in [7, 11) is 2.97. The van der Waals surface area contributed by atoms with E-state index in [1.807, 2.05) is 25.1 Å². The average Bonchev–Trinajstić information content (AvgIpc) is 2.52. The van der Waals surface area contributed by atoms with Gasteiger partial charge in [0.25, 0.3) is 0 Å². The van der Waals surface area contributed by atoms with Gasteiger partial charge in [0.05, 0.1) is 14.2 Å². The maximum absolute atomic E-state index is 11.9. The fourth-order valence-corrected chi connectivity index (χ4v) is 2.07. The summed E-state index contributed by atoms with van der Waals surface area (Å²) in [5, 5.41) is 3.10. The van der Waals surface area contributed by atoms with Crippen LogP contribution < -0.4 is 14.8 Å². The maximum Gasteiger partial charge on any atom is 0.329 e. The molecule has 0 saturated carbocycles. The van der Waals surface area contributed by atoms with Crippen LogP contribution >= 0.6 is 0 Å². The lowest BCUT2D eigenvalue weighted by atomic mass is 10.0. The molecular weight excluding hydrogens is 270 g/mol. The van der Waals surface area contributed by atoms with Crippen LogP contribution in [0.4, 0.5) is 0 Å². The molecule has 0 radical (unpaired) electrons. The predicted molar refractivity (Wildman–Crippen MR) is 82.0 cm³/mol. The number of hydrogen-bond donors (Lipinski definition) is 1. The number of carbonyl (C=O) groups excluding carboxylic acids is 1. The van der Waals surface area contributed by atoms with Crippen LogP contribution in [-0.2, 0) is 16.0 Å². The molecule has 5 nitrogen and oxygen atoms in total. The van der Waals surface area contributed by atoms with E-state index in [1.54, 1.807) is 14.0 Å². The Labute approximate surface area is 126 Å². The van der Waals surface area contributed by atoms with E-state index in [2.05, 4.69) is 12.2 Å². The first-order valence-corrected chi connectivity index (χ1v) is 7.13. The summed E-state index contributed by atoms with van der Waals surface area (Å²) in [6.45, 7) is 6.57. The van der Waals surface area contributed by atoms with Crippen molar-refractivity contribution in [3.8, 4) is 11.5 Å². The number of hydrogen-bond acceptors (Lipinski definition) is 5. The van der Waals surface area contributed by atoms with Crippen molar-refractivity contribution in [3.05, 3.63) is 23.8 Å². The molecule has 1 unspecified atom stereocenters. The van der Waals surface area contributed by atoms with Crippen molar-refractivity contribution >= 4 is 5.97 Å². The van der Waals surface area contributed by atoms with Gasteiger partial charge in [-0.05, 0) is 37.6 Å². The van der Waals surface area contributed by atoms with Crippen LogP contribution in [0.5, 0.6) is 11.5 Å². The van der Waals surface area contributed by atoms with Crippen molar-refractivity contribution in [1.82, 2.24) is 5.32 Å². The number of nitrogens with one attached hydrogen (secondary N) is 1. The number of ether oxygens (including phenoxy) is 3. The van der Waals surface area contributed by atoms with E-state index in [0.29, 0.717) is 18.0 Å². The van der Waals surface area contributed by atoms with Crippen LogP contribution in [0.1, 0.15) is 26.3 Å². The number of methoxy groups -OCH3 is 2. The summed E-state index contributed by atoms with van der Waals surface area (Å²) in [5.41, 5.74) is 0.277. The molecule has 0 aromatic heterocycles. The summed E-state index contributed by atoms with van der Waals surface area (Å²) >= 11 is 0. The molecule has 118 valence electrons. The first kappa shape index (κ1) is 17.3. The minimum atomic E-state index is -0.891. The number of aryl methyl sites for hydroxylation is 1. The van der Waals surface area contributed by atoms with Crippen LogP contribution in [0.3, 0.4) is 0 Å². The molecule has 0 aliphatic rings. The van der Waals surface area contributed by atoms with Crippen LogP contribution in [0.25, 0.3) is 0 Å². The quantitative estimate of drug-likeness (QED) is 0.745. The van der Waals surface area contributed by atoms with Gasteiger partial charge in [-0.25, -0.2) is 4.79 Å². The standard InChI is InChI=1S/C16H25NO4/c1-6-12-8-9-13(14(10-12)19-4)21-11-16(3,17-7-2)15(18)20-5/h8-10,17H,6-7,11H2,1-5H3. The van der Waals surface area contributed by atoms with E-state index in [1.165, 1.54) is 12.7 Å². The number of esters is 1. The van der Waals surface area contributed by atoms with Gasteiger partial charge in [0.15, 0.2) is 11.5 Å². The van der Waals surface area contributed by atoms with E-state index in [4.69, 9.17) is 14.2 Å². The third kappa shape index (κ3) is 4.36. The first-order valence-electron chi connectivity index (χ1n) is 7.13. The van der Waals surface area contributed by atoms with Gasteiger partial charge in [-0.1, -0.05) is 19.9 Å². The SMILES string of the molecule is CCNC(C)(COc1ccc(CC)cc1OC)C(=O)OC. The molecular formula is C16H25NO4. The fourth-order valence-electron chi connectivity index (χ4n) is 2.07. The van der Waals surface area contributed by atoms with Crippen LogP contribution in [0.15, 0.2) is 18.2 Å². The number of rotatable bonds is 8. The molecule has 21 heavy (non-hydrogen) atoms. The zero-order valence-corrected chi connectivity index (χ0v) is 13.5. The predicted octanol–water partition coefficient (Wildman–Crippen LogP) is 2.18. The Bertz CT molecular complexity index is 475. The van der Waals surface area contributed by atoms with Crippen molar-refractivity contribution in [2.24, 2.45) is 0 Å². The third-order valence-corrected chi connectivity index (χ3v) is 3.36. The first-order chi connectivity index (χ1) is 10.0. The molecule has 0 aliphatic heterocycles. The highest BCUT2D eigenvalue weighted by Crippen LogP contribution is 2.29. The van der Waals surface area contributed by atoms with Crippen LogP contribution in [0.2, 0.25) is 0 Å². The highest BCUT2D eigenvalue weighted by molar-refractivity contribution is 5.80. The third-order valence-electron chi connectivity index (χ3n) is 3.36. The average molecular weight is 295 g/mol. The summed E-state index contributed by atoms with van der Waals surface area (Å²) in [6, 6.07) is 5.79. The van der Waals surface area contributed by atoms with E-state index in [-0.39, 0.29) is 12.6 Å². The molecule has 0 amide bonds. The summed E-state index contributed by atoms with van der Waals surface area (Å²) in [6.07, 6.45) is 0.925. The smallest absolute Gasteiger partial charge is 0.329 e. The minimum absolute atomic E-state index is 0.162. The fraction of sp³-hybridized carbons (Fsp3) is 0.562. The lowest BCUT2D eigenvalue weighted by Crippen LogP contribution is -2.54. The second-order valence-corrected chi connectivity index (χ2v) is 4.98. The zero-order valence-electron chi connectivity index (χ0n) is 13.5. The van der Waals surface area contributed by atoms with Crippen LogP contribution in [0, 0.1) is 0 Å². The Kier molecular flexibility index (Phi) is 6.49. The van der Waals surface area contributed by atoms with Gasteiger partial charge in [-0.3, -0.25) is 5.32 Å². The monoisotopic (exact) mass is 295 g/mol. The highest BCUT2D eigenvalue weighted by atomic mass is 16.5. The van der Waals surface area contributed by atoms with Crippen molar-refractivity contribution in [1.29, 1.82) is 0 Å². The molecule has 5 heteroatoms. The van der Waals surface area contributed by atoms with E-state index >= 15 is 0 Å². The lowest BCUT2D eigenvalue weighted by Gasteiger charge is -2.27. The Morgan fingerprint density at radius 3 is 2.48 bits per heavy atom. The minimum Gasteiger partial charge on any atom is -0.493 e. The molecule has 1 aromatic rings. The van der Waals surface area contributed by atoms with Crippen molar-refractivity contribution in [2.75, 3.05) is 27.4 Å².